The highest BCUT2D eigenvalue weighted by atomic mass is 32.1. The largest absolute Gasteiger partial charge is 0.373 e. The van der Waals surface area contributed by atoms with Gasteiger partial charge in [-0.15, -0.1) is 11.3 Å². The number of nitrogens with zero attached hydrogens (tertiary/aromatic N) is 3. The fraction of sp³-hybridized carbons (Fsp3) is 0.600. The van der Waals surface area contributed by atoms with Crippen molar-refractivity contribution in [2.24, 2.45) is 0 Å². The Morgan fingerprint density at radius 1 is 1.38 bits per heavy atom. The van der Waals surface area contributed by atoms with Crippen molar-refractivity contribution in [3.8, 4) is 0 Å². The van der Waals surface area contributed by atoms with E-state index in [2.05, 4.69) is 46.3 Å². The molecule has 3 atom stereocenters. The van der Waals surface area contributed by atoms with Crippen LogP contribution in [0.4, 0.5) is 5.82 Å². The summed E-state index contributed by atoms with van der Waals surface area (Å²) in [4.78, 5) is 11.1. The molecule has 3 heterocycles. The summed E-state index contributed by atoms with van der Waals surface area (Å²) in [5.41, 5.74) is 1.01. The lowest BCUT2D eigenvalue weighted by Gasteiger charge is -2.39. The van der Waals surface area contributed by atoms with Crippen molar-refractivity contribution in [3.63, 3.8) is 0 Å². The average Bonchev–Trinajstić information content (AvgIpc) is 2.92. The van der Waals surface area contributed by atoms with Gasteiger partial charge in [-0.05, 0) is 32.2 Å². The highest BCUT2D eigenvalue weighted by Gasteiger charge is 2.25. The molecule has 21 heavy (non-hydrogen) atoms. The van der Waals surface area contributed by atoms with E-state index < -0.39 is 0 Å². The molecule has 0 saturated carbocycles. The number of anilines is 1. The molecule has 1 aliphatic heterocycles. The lowest BCUT2D eigenvalue weighted by molar-refractivity contribution is -0.0769. The Balaban J connectivity index is 1.63. The van der Waals surface area contributed by atoms with Gasteiger partial charge in [0.2, 0.25) is 0 Å². The van der Waals surface area contributed by atoms with Gasteiger partial charge in [-0.3, -0.25) is 4.90 Å². The molecule has 0 unspecified atom stereocenters. The molecule has 0 spiro atoms. The molecule has 1 saturated heterocycles. The number of thiophene rings is 1. The summed E-state index contributed by atoms with van der Waals surface area (Å²) in [5, 5.41) is 5.53. The minimum atomic E-state index is 0.305. The van der Waals surface area contributed by atoms with Crippen LogP contribution in [-0.4, -0.2) is 52.8 Å². The van der Waals surface area contributed by atoms with Crippen LogP contribution in [0, 0.1) is 0 Å². The number of aromatic nitrogens is 2. The monoisotopic (exact) mass is 306 g/mol. The first-order chi connectivity index (χ1) is 10.1. The molecule has 1 fully saturated rings. The van der Waals surface area contributed by atoms with Gasteiger partial charge < -0.3 is 10.1 Å². The molecule has 6 heteroatoms. The molecule has 2 aromatic rings. The number of hydrogen-bond acceptors (Lipinski definition) is 6. The first-order valence-electron chi connectivity index (χ1n) is 7.45. The van der Waals surface area contributed by atoms with E-state index in [1.165, 1.54) is 0 Å². The topological polar surface area (TPSA) is 50.3 Å². The van der Waals surface area contributed by atoms with E-state index in [1.54, 1.807) is 17.7 Å². The summed E-state index contributed by atoms with van der Waals surface area (Å²) in [6, 6.07) is 2.48. The van der Waals surface area contributed by atoms with Crippen LogP contribution in [0.2, 0.25) is 0 Å². The fourth-order valence-corrected chi connectivity index (χ4v) is 3.68. The normalized spacial score (nSPS) is 25.1. The molecule has 2 aromatic heterocycles. The van der Waals surface area contributed by atoms with Crippen LogP contribution in [0.15, 0.2) is 17.8 Å². The predicted molar refractivity (Wildman–Crippen MR) is 86.9 cm³/mol. The van der Waals surface area contributed by atoms with Gasteiger partial charge in [-0.1, -0.05) is 0 Å². The Morgan fingerprint density at radius 2 is 2.14 bits per heavy atom. The second-order valence-corrected chi connectivity index (χ2v) is 6.71. The van der Waals surface area contributed by atoms with E-state index >= 15 is 0 Å². The quantitative estimate of drug-likeness (QED) is 0.941. The molecule has 0 aliphatic carbocycles. The van der Waals surface area contributed by atoms with Crippen LogP contribution in [-0.2, 0) is 4.74 Å². The average molecular weight is 306 g/mol. The van der Waals surface area contributed by atoms with Crippen LogP contribution in [0.25, 0.3) is 10.2 Å². The maximum Gasteiger partial charge on any atom is 0.147 e. The van der Waals surface area contributed by atoms with Gasteiger partial charge in [0.25, 0.3) is 0 Å². The van der Waals surface area contributed by atoms with Gasteiger partial charge in [0, 0.05) is 25.7 Å². The maximum absolute atomic E-state index is 5.80. The minimum Gasteiger partial charge on any atom is -0.373 e. The van der Waals surface area contributed by atoms with Crippen molar-refractivity contribution in [3.05, 3.63) is 17.8 Å². The van der Waals surface area contributed by atoms with Crippen molar-refractivity contribution in [2.75, 3.05) is 25.0 Å². The predicted octanol–water partition coefficient (Wildman–Crippen LogP) is 2.60. The maximum atomic E-state index is 5.80. The molecular formula is C15H22N4OS. The van der Waals surface area contributed by atoms with Crippen molar-refractivity contribution in [1.29, 1.82) is 0 Å². The number of fused-ring (bicyclic) bond motifs is 1. The lowest BCUT2D eigenvalue weighted by Crippen LogP contribution is -2.51. The zero-order chi connectivity index (χ0) is 14.8. The minimum absolute atomic E-state index is 0.305. The first kappa shape index (κ1) is 14.7. The number of ether oxygens (including phenoxy) is 1. The van der Waals surface area contributed by atoms with Gasteiger partial charge in [-0.2, -0.15) is 0 Å². The molecule has 0 amide bonds. The van der Waals surface area contributed by atoms with Crippen molar-refractivity contribution in [1.82, 2.24) is 14.9 Å². The van der Waals surface area contributed by atoms with Crippen molar-refractivity contribution < 1.29 is 4.74 Å². The lowest BCUT2D eigenvalue weighted by atomic mass is 10.1. The van der Waals surface area contributed by atoms with E-state index in [1.807, 2.05) is 6.07 Å². The summed E-state index contributed by atoms with van der Waals surface area (Å²) in [5.74, 6) is 0.941. The first-order valence-corrected chi connectivity index (χ1v) is 8.33. The SMILES string of the molecule is C[C@@H]1CN([C@@H](C)CNc2ncnc3ccsc23)C[C@@H](C)O1. The summed E-state index contributed by atoms with van der Waals surface area (Å²) in [7, 11) is 0. The van der Waals surface area contributed by atoms with E-state index in [0.29, 0.717) is 18.2 Å². The molecule has 3 rings (SSSR count). The third kappa shape index (κ3) is 3.33. The smallest absolute Gasteiger partial charge is 0.147 e. The molecular weight excluding hydrogens is 284 g/mol. The van der Waals surface area contributed by atoms with Crippen molar-refractivity contribution in [2.45, 2.75) is 39.0 Å². The third-order valence-corrected chi connectivity index (χ3v) is 4.79. The van der Waals surface area contributed by atoms with Crippen LogP contribution < -0.4 is 5.32 Å². The Labute approximate surface area is 129 Å². The molecule has 1 N–H and O–H groups in total. The van der Waals surface area contributed by atoms with Crippen LogP contribution in [0.5, 0.6) is 0 Å². The van der Waals surface area contributed by atoms with Crippen molar-refractivity contribution >= 4 is 27.4 Å². The summed E-state index contributed by atoms with van der Waals surface area (Å²) >= 11 is 1.68. The fourth-order valence-electron chi connectivity index (χ4n) is 2.87. The second-order valence-electron chi connectivity index (χ2n) is 5.80. The van der Waals surface area contributed by atoms with E-state index in [0.717, 1.165) is 35.7 Å². The highest BCUT2D eigenvalue weighted by Crippen LogP contribution is 2.25. The van der Waals surface area contributed by atoms with E-state index in [-0.39, 0.29) is 0 Å². The molecule has 0 aromatic carbocycles. The van der Waals surface area contributed by atoms with Crippen LogP contribution in [0.1, 0.15) is 20.8 Å². The second kappa shape index (κ2) is 6.25. The van der Waals surface area contributed by atoms with E-state index in [4.69, 9.17) is 4.74 Å². The Hall–Kier alpha value is -1.24. The summed E-state index contributed by atoms with van der Waals surface area (Å²) < 4.78 is 6.93. The molecule has 5 nitrogen and oxygen atoms in total. The van der Waals surface area contributed by atoms with Gasteiger partial charge in [-0.25, -0.2) is 9.97 Å². The third-order valence-electron chi connectivity index (χ3n) is 3.88. The molecule has 1 aliphatic rings. The van der Waals surface area contributed by atoms with Gasteiger partial charge in [0.1, 0.15) is 12.1 Å². The Kier molecular flexibility index (Phi) is 4.37. The highest BCUT2D eigenvalue weighted by molar-refractivity contribution is 7.17. The summed E-state index contributed by atoms with van der Waals surface area (Å²) in [6.45, 7) is 9.40. The standard InChI is InChI=1S/C15H22N4OS/c1-10(19-7-11(2)20-12(3)8-19)6-16-15-14-13(4-5-21-14)17-9-18-15/h4-5,9-12H,6-8H2,1-3H3,(H,16,17,18)/t10-,11+,12+/m0/s1. The number of nitrogens with one attached hydrogen (secondary N) is 1. The molecule has 0 radical (unpaired) electrons. The van der Waals surface area contributed by atoms with E-state index in [9.17, 15) is 0 Å². The Bertz CT molecular complexity index is 592. The molecule has 114 valence electrons. The van der Waals surface area contributed by atoms with Crippen LogP contribution >= 0.6 is 11.3 Å². The van der Waals surface area contributed by atoms with Gasteiger partial charge >= 0.3 is 0 Å². The van der Waals surface area contributed by atoms with Crippen LogP contribution in [0.3, 0.4) is 0 Å². The summed E-state index contributed by atoms with van der Waals surface area (Å²) in [6.07, 6.45) is 2.24. The zero-order valence-electron chi connectivity index (χ0n) is 12.7. The van der Waals surface area contributed by atoms with Gasteiger partial charge in [0.05, 0.1) is 22.4 Å². The number of morpholine rings is 1. The number of hydrogen-bond donors (Lipinski definition) is 1. The zero-order valence-corrected chi connectivity index (χ0v) is 13.6. The Morgan fingerprint density at radius 3 is 2.90 bits per heavy atom. The number of rotatable bonds is 4. The molecule has 0 bridgehead atoms. The van der Waals surface area contributed by atoms with Gasteiger partial charge in [0.15, 0.2) is 0 Å².